The summed E-state index contributed by atoms with van der Waals surface area (Å²) in [4.78, 5) is 31.4. The highest BCUT2D eigenvalue weighted by Crippen LogP contribution is 2.42. The zero-order valence-electron chi connectivity index (χ0n) is 17.5. The van der Waals surface area contributed by atoms with Crippen molar-refractivity contribution in [1.29, 1.82) is 0 Å². The minimum Gasteiger partial charge on any atom is -0.507 e. The van der Waals surface area contributed by atoms with Gasteiger partial charge >= 0.3 is 0 Å². The molecule has 7 heteroatoms. The lowest BCUT2D eigenvalue weighted by atomic mass is 9.96. The van der Waals surface area contributed by atoms with E-state index in [0.717, 1.165) is 0 Å². The Morgan fingerprint density at radius 1 is 1.09 bits per heavy atom. The summed E-state index contributed by atoms with van der Waals surface area (Å²) in [6, 6.07) is 14.5. The molecule has 2 heterocycles. The molecule has 1 amide bonds. The van der Waals surface area contributed by atoms with Gasteiger partial charge in [-0.15, -0.1) is 0 Å². The van der Waals surface area contributed by atoms with E-state index < -0.39 is 23.5 Å². The fourth-order valence-electron chi connectivity index (χ4n) is 3.72. The van der Waals surface area contributed by atoms with Crippen molar-refractivity contribution in [2.75, 3.05) is 4.90 Å². The topological polar surface area (TPSA) is 79.7 Å². The molecule has 0 bridgehead atoms. The van der Waals surface area contributed by atoms with Crippen LogP contribution in [0.5, 0.6) is 5.75 Å². The van der Waals surface area contributed by atoms with Crippen LogP contribution in [0.4, 0.5) is 10.1 Å². The normalized spacial score (nSPS) is 17.8. The third kappa shape index (κ3) is 3.97. The number of carbonyl (C=O) groups excluding carboxylic acids is 2. The Balaban J connectivity index is 1.90. The third-order valence-corrected chi connectivity index (χ3v) is 5.01. The zero-order chi connectivity index (χ0) is 22.8. The number of ether oxygens (including phenoxy) is 1. The van der Waals surface area contributed by atoms with E-state index >= 15 is 0 Å². The van der Waals surface area contributed by atoms with Crippen LogP contribution in [0.25, 0.3) is 5.76 Å². The smallest absolute Gasteiger partial charge is 0.300 e. The molecule has 1 saturated heterocycles. The molecule has 0 radical (unpaired) electrons. The highest BCUT2D eigenvalue weighted by molar-refractivity contribution is 6.51. The Bertz CT molecular complexity index is 1210. The van der Waals surface area contributed by atoms with E-state index in [1.54, 1.807) is 42.6 Å². The van der Waals surface area contributed by atoms with E-state index in [4.69, 9.17) is 4.74 Å². The minimum absolute atomic E-state index is 0.0821. The Labute approximate surface area is 184 Å². The number of carbonyl (C=O) groups is 2. The second-order valence-corrected chi connectivity index (χ2v) is 7.63. The first-order chi connectivity index (χ1) is 15.4. The van der Waals surface area contributed by atoms with E-state index in [9.17, 15) is 19.1 Å². The first kappa shape index (κ1) is 21.2. The largest absolute Gasteiger partial charge is 0.507 e. The fraction of sp³-hybridized carbons (Fsp3) is 0.160. The number of rotatable bonds is 5. The summed E-state index contributed by atoms with van der Waals surface area (Å²) >= 11 is 0. The maximum absolute atomic E-state index is 13.9. The second kappa shape index (κ2) is 8.63. The van der Waals surface area contributed by atoms with E-state index in [-0.39, 0.29) is 23.1 Å². The maximum atomic E-state index is 13.9. The van der Waals surface area contributed by atoms with E-state index in [1.807, 2.05) is 13.8 Å². The lowest BCUT2D eigenvalue weighted by Crippen LogP contribution is -2.29. The minimum atomic E-state index is -0.972. The predicted octanol–water partition coefficient (Wildman–Crippen LogP) is 4.63. The molecule has 162 valence electrons. The van der Waals surface area contributed by atoms with Gasteiger partial charge in [0.05, 0.1) is 17.7 Å². The van der Waals surface area contributed by atoms with E-state index in [1.165, 1.54) is 35.4 Å². The van der Waals surface area contributed by atoms with Crippen LogP contribution in [0.1, 0.15) is 31.0 Å². The van der Waals surface area contributed by atoms with Gasteiger partial charge in [0, 0.05) is 23.6 Å². The van der Waals surface area contributed by atoms with Crippen LogP contribution >= 0.6 is 0 Å². The number of aromatic nitrogens is 1. The average molecular weight is 432 g/mol. The molecular formula is C25H21FN2O4. The summed E-state index contributed by atoms with van der Waals surface area (Å²) in [7, 11) is 0. The number of amides is 1. The lowest BCUT2D eigenvalue weighted by molar-refractivity contribution is -0.132. The molecule has 2 aromatic carbocycles. The highest BCUT2D eigenvalue weighted by atomic mass is 19.1. The van der Waals surface area contributed by atoms with Gasteiger partial charge in [0.2, 0.25) is 0 Å². The molecule has 1 aromatic heterocycles. The molecule has 0 aliphatic carbocycles. The summed E-state index contributed by atoms with van der Waals surface area (Å²) < 4.78 is 19.6. The predicted molar refractivity (Wildman–Crippen MR) is 118 cm³/mol. The average Bonchev–Trinajstić information content (AvgIpc) is 3.04. The summed E-state index contributed by atoms with van der Waals surface area (Å²) in [6.45, 7) is 3.75. The Kier molecular flexibility index (Phi) is 5.73. The number of hydrogen-bond donors (Lipinski definition) is 1. The zero-order valence-corrected chi connectivity index (χ0v) is 17.5. The van der Waals surface area contributed by atoms with Crippen LogP contribution in [-0.4, -0.2) is 27.9 Å². The second-order valence-electron chi connectivity index (χ2n) is 7.63. The number of aliphatic hydroxyl groups is 1. The SMILES string of the molecule is CC(C)Oc1cccc(/C(O)=C2\C(=O)C(=O)N(c3cccc(F)c3)C2c2cccnc2)c1. The molecule has 32 heavy (non-hydrogen) atoms. The Morgan fingerprint density at radius 2 is 1.88 bits per heavy atom. The molecule has 1 atom stereocenters. The molecule has 1 aliphatic rings. The number of hydrogen-bond acceptors (Lipinski definition) is 5. The van der Waals surface area contributed by atoms with E-state index in [0.29, 0.717) is 16.9 Å². The first-order valence-corrected chi connectivity index (χ1v) is 10.1. The molecular weight excluding hydrogens is 411 g/mol. The molecule has 0 spiro atoms. The molecule has 1 N–H and O–H groups in total. The Hall–Kier alpha value is -4.00. The van der Waals surface area contributed by atoms with Gasteiger partial charge in [0.1, 0.15) is 17.3 Å². The fourth-order valence-corrected chi connectivity index (χ4v) is 3.72. The summed E-state index contributed by atoms with van der Waals surface area (Å²) in [5.41, 5.74) is 0.937. The van der Waals surface area contributed by atoms with Crippen LogP contribution < -0.4 is 9.64 Å². The quantitative estimate of drug-likeness (QED) is 0.361. The molecule has 4 rings (SSSR count). The van der Waals surface area contributed by atoms with Crippen molar-refractivity contribution >= 4 is 23.1 Å². The maximum Gasteiger partial charge on any atom is 0.300 e. The number of aliphatic hydroxyl groups excluding tert-OH is 1. The third-order valence-electron chi connectivity index (χ3n) is 5.01. The number of ketones is 1. The number of anilines is 1. The van der Waals surface area contributed by atoms with Gasteiger partial charge in [0.15, 0.2) is 0 Å². The number of benzene rings is 2. The van der Waals surface area contributed by atoms with Crippen LogP contribution in [-0.2, 0) is 9.59 Å². The van der Waals surface area contributed by atoms with E-state index in [2.05, 4.69) is 4.98 Å². The molecule has 6 nitrogen and oxygen atoms in total. The number of pyridine rings is 1. The van der Waals surface area contributed by atoms with Gasteiger partial charge < -0.3 is 9.84 Å². The molecule has 3 aromatic rings. The number of nitrogens with zero attached hydrogens (tertiary/aromatic N) is 2. The van der Waals surface area contributed by atoms with Crippen molar-refractivity contribution in [3.05, 3.63) is 95.6 Å². The van der Waals surface area contributed by atoms with Crippen molar-refractivity contribution in [3.8, 4) is 5.75 Å². The monoisotopic (exact) mass is 432 g/mol. The van der Waals surface area contributed by atoms with Crippen LogP contribution in [0, 0.1) is 5.82 Å². The van der Waals surface area contributed by atoms with Crippen LogP contribution in [0.3, 0.4) is 0 Å². The lowest BCUT2D eigenvalue weighted by Gasteiger charge is -2.25. The summed E-state index contributed by atoms with van der Waals surface area (Å²) in [6.07, 6.45) is 2.99. The summed E-state index contributed by atoms with van der Waals surface area (Å²) in [5, 5.41) is 11.1. The van der Waals surface area contributed by atoms with Crippen molar-refractivity contribution in [3.63, 3.8) is 0 Å². The van der Waals surface area contributed by atoms with Gasteiger partial charge in [-0.3, -0.25) is 19.5 Å². The number of halogens is 1. The van der Waals surface area contributed by atoms with Crippen LogP contribution in [0.15, 0.2) is 78.6 Å². The van der Waals surface area contributed by atoms with Crippen molar-refractivity contribution in [2.24, 2.45) is 0 Å². The first-order valence-electron chi connectivity index (χ1n) is 10.1. The standard InChI is InChI=1S/C25H21FN2O4/c1-15(2)32-20-10-3-6-16(12-20)23(29)21-22(17-7-5-11-27-14-17)28(25(31)24(21)30)19-9-4-8-18(26)13-19/h3-15,22,29H,1-2H3/b23-21+. The van der Waals surface area contributed by atoms with Crippen molar-refractivity contribution in [1.82, 2.24) is 4.98 Å². The van der Waals surface area contributed by atoms with Crippen molar-refractivity contribution < 1.29 is 23.8 Å². The highest BCUT2D eigenvalue weighted by Gasteiger charge is 2.47. The van der Waals surface area contributed by atoms with Crippen LogP contribution in [0.2, 0.25) is 0 Å². The van der Waals surface area contributed by atoms with Crippen molar-refractivity contribution in [2.45, 2.75) is 26.0 Å². The van der Waals surface area contributed by atoms with Gasteiger partial charge in [0.25, 0.3) is 11.7 Å². The molecule has 1 unspecified atom stereocenters. The van der Waals surface area contributed by atoms with Gasteiger partial charge in [-0.1, -0.05) is 24.3 Å². The Morgan fingerprint density at radius 3 is 2.56 bits per heavy atom. The number of Topliss-reactive ketones (excluding diaryl/α,β-unsaturated/α-hetero) is 1. The van der Waals surface area contributed by atoms with Gasteiger partial charge in [-0.05, 0) is 55.8 Å². The van der Waals surface area contributed by atoms with Gasteiger partial charge in [-0.2, -0.15) is 0 Å². The van der Waals surface area contributed by atoms with Gasteiger partial charge in [-0.25, -0.2) is 4.39 Å². The molecule has 1 aliphatic heterocycles. The molecule has 0 saturated carbocycles. The summed E-state index contributed by atoms with van der Waals surface area (Å²) in [5.74, 6) is -2.10. The molecule has 1 fully saturated rings.